The summed E-state index contributed by atoms with van der Waals surface area (Å²) in [7, 11) is 0. The van der Waals surface area contributed by atoms with Gasteiger partial charge in [-0.2, -0.15) is 21.9 Å². The minimum atomic E-state index is -4.06. The van der Waals surface area contributed by atoms with E-state index >= 15 is 0 Å². The molecule has 118 valence electrons. The molecule has 2 saturated heterocycles. The third-order valence-corrected chi connectivity index (χ3v) is 5.97. The van der Waals surface area contributed by atoms with Crippen LogP contribution >= 0.6 is 23.5 Å². The standard InChI is InChI=1S/C13H18F3N3S2/c14-13(15,16)4-2-6-20-12-11(17-21-18-12)10-8-19-5-1-3-9(10)7-19/h9-10H,1-8H2/t9-,10+/m0/s1. The van der Waals surface area contributed by atoms with Crippen LogP contribution in [0.4, 0.5) is 13.2 Å². The average molecular weight is 337 g/mol. The van der Waals surface area contributed by atoms with Gasteiger partial charge in [-0.3, -0.25) is 0 Å². The highest BCUT2D eigenvalue weighted by molar-refractivity contribution is 7.99. The molecule has 3 rings (SSSR count). The van der Waals surface area contributed by atoms with Gasteiger partial charge in [0, 0.05) is 25.4 Å². The van der Waals surface area contributed by atoms with Crippen LogP contribution in [0.3, 0.4) is 0 Å². The second kappa shape index (κ2) is 6.42. The third-order valence-electron chi connectivity index (χ3n) is 4.24. The number of alkyl halides is 3. The van der Waals surface area contributed by atoms with E-state index < -0.39 is 12.6 Å². The van der Waals surface area contributed by atoms with Gasteiger partial charge in [-0.25, -0.2) is 0 Å². The lowest BCUT2D eigenvalue weighted by Crippen LogP contribution is -2.25. The highest BCUT2D eigenvalue weighted by Crippen LogP contribution is 2.41. The van der Waals surface area contributed by atoms with Crippen molar-refractivity contribution in [1.82, 2.24) is 13.6 Å². The van der Waals surface area contributed by atoms with Gasteiger partial charge < -0.3 is 4.90 Å². The van der Waals surface area contributed by atoms with Crippen LogP contribution < -0.4 is 0 Å². The fourth-order valence-corrected chi connectivity index (χ4v) is 4.99. The van der Waals surface area contributed by atoms with Crippen LogP contribution in [-0.2, 0) is 0 Å². The Morgan fingerprint density at radius 2 is 2.14 bits per heavy atom. The fourth-order valence-electron chi connectivity index (χ4n) is 3.28. The van der Waals surface area contributed by atoms with E-state index in [1.165, 1.54) is 42.9 Å². The fraction of sp³-hybridized carbons (Fsp3) is 0.846. The van der Waals surface area contributed by atoms with Gasteiger partial charge in [0.15, 0.2) is 0 Å². The van der Waals surface area contributed by atoms with E-state index in [1.807, 2.05) is 0 Å². The molecule has 0 aliphatic carbocycles. The van der Waals surface area contributed by atoms with E-state index in [9.17, 15) is 13.2 Å². The zero-order valence-corrected chi connectivity index (χ0v) is 13.2. The zero-order valence-electron chi connectivity index (χ0n) is 11.6. The Bertz CT molecular complexity index is 477. The number of aromatic nitrogens is 2. The number of halogens is 3. The molecule has 3 heterocycles. The summed E-state index contributed by atoms with van der Waals surface area (Å²) >= 11 is 2.62. The van der Waals surface area contributed by atoms with Crippen molar-refractivity contribution < 1.29 is 13.2 Å². The van der Waals surface area contributed by atoms with Crippen LogP contribution in [0.25, 0.3) is 0 Å². The number of piperidine rings is 1. The van der Waals surface area contributed by atoms with Gasteiger partial charge in [0.25, 0.3) is 0 Å². The molecule has 8 heteroatoms. The Labute approximate surface area is 130 Å². The highest BCUT2D eigenvalue weighted by atomic mass is 32.2. The van der Waals surface area contributed by atoms with E-state index in [-0.39, 0.29) is 6.42 Å². The molecule has 2 aliphatic rings. The predicted octanol–water partition coefficient (Wildman–Crippen LogP) is 3.78. The quantitative estimate of drug-likeness (QED) is 0.604. The van der Waals surface area contributed by atoms with Crippen molar-refractivity contribution in [2.24, 2.45) is 5.92 Å². The maximum atomic E-state index is 12.2. The number of thioether (sulfide) groups is 1. The van der Waals surface area contributed by atoms with Crippen molar-refractivity contribution >= 4 is 23.5 Å². The Balaban J connectivity index is 1.57. The highest BCUT2D eigenvalue weighted by Gasteiger charge is 2.39. The summed E-state index contributed by atoms with van der Waals surface area (Å²) in [5.74, 6) is 1.53. The second-order valence-corrected chi connectivity index (χ2v) is 7.40. The number of fused-ring (bicyclic) bond motifs is 2. The molecule has 1 aromatic heterocycles. The van der Waals surface area contributed by atoms with E-state index in [0.717, 1.165) is 23.8 Å². The van der Waals surface area contributed by atoms with Crippen LogP contribution in [0.2, 0.25) is 0 Å². The maximum absolute atomic E-state index is 12.2. The van der Waals surface area contributed by atoms with Crippen LogP contribution in [-0.4, -0.2) is 45.2 Å². The number of nitrogens with zero attached hydrogens (tertiary/aromatic N) is 3. The van der Waals surface area contributed by atoms with Gasteiger partial charge in [0.05, 0.1) is 17.4 Å². The summed E-state index contributed by atoms with van der Waals surface area (Å²) in [4.78, 5) is 2.47. The molecule has 1 aromatic rings. The van der Waals surface area contributed by atoms with Crippen molar-refractivity contribution in [3.8, 4) is 0 Å². The van der Waals surface area contributed by atoms with Crippen molar-refractivity contribution in [2.45, 2.75) is 42.8 Å². The lowest BCUT2D eigenvalue weighted by Gasteiger charge is -2.21. The number of rotatable bonds is 5. The normalized spacial score (nSPS) is 29.0. The van der Waals surface area contributed by atoms with Crippen molar-refractivity contribution in [3.63, 3.8) is 0 Å². The van der Waals surface area contributed by atoms with E-state index in [4.69, 9.17) is 0 Å². The summed E-state index contributed by atoms with van der Waals surface area (Å²) < 4.78 is 45.2. The molecule has 0 saturated carbocycles. The molecule has 1 unspecified atom stereocenters. The minimum Gasteiger partial charge on any atom is -0.302 e. The molecule has 0 aromatic carbocycles. The van der Waals surface area contributed by atoms with Gasteiger partial charge in [0.1, 0.15) is 5.03 Å². The maximum Gasteiger partial charge on any atom is 0.389 e. The molecule has 3 atom stereocenters. The van der Waals surface area contributed by atoms with Gasteiger partial charge in [0.2, 0.25) is 0 Å². The molecular formula is C13H18F3N3S2. The molecule has 2 aliphatic heterocycles. The second-order valence-electron chi connectivity index (χ2n) is 5.79. The Morgan fingerprint density at radius 1 is 1.29 bits per heavy atom. The predicted molar refractivity (Wildman–Crippen MR) is 77.8 cm³/mol. The summed E-state index contributed by atoms with van der Waals surface area (Å²) in [6.07, 6.45) is -2.15. The number of hydrogen-bond donors (Lipinski definition) is 0. The van der Waals surface area contributed by atoms with Gasteiger partial charge in [-0.1, -0.05) is 0 Å². The first-order chi connectivity index (χ1) is 10.0. The largest absolute Gasteiger partial charge is 0.389 e. The summed E-state index contributed by atoms with van der Waals surface area (Å²) in [6, 6.07) is 0. The minimum absolute atomic E-state index is 0.144. The van der Waals surface area contributed by atoms with Crippen molar-refractivity contribution in [3.05, 3.63) is 5.69 Å². The summed E-state index contributed by atoms with van der Waals surface area (Å²) in [5, 5.41) is 0.862. The molecule has 0 N–H and O–H groups in total. The average Bonchev–Trinajstić information content (AvgIpc) is 2.98. The summed E-state index contributed by atoms with van der Waals surface area (Å²) in [6.45, 7) is 3.34. The Morgan fingerprint density at radius 3 is 2.90 bits per heavy atom. The first-order valence-corrected chi connectivity index (χ1v) is 8.99. The monoisotopic (exact) mass is 337 g/mol. The Kier molecular flexibility index (Phi) is 4.75. The van der Waals surface area contributed by atoms with Crippen LogP contribution in [0, 0.1) is 5.92 Å². The molecule has 0 spiro atoms. The van der Waals surface area contributed by atoms with Crippen molar-refractivity contribution in [2.75, 3.05) is 25.4 Å². The molecule has 3 nitrogen and oxygen atoms in total. The molecule has 2 bridgehead atoms. The topological polar surface area (TPSA) is 29.0 Å². The smallest absolute Gasteiger partial charge is 0.302 e. The zero-order chi connectivity index (χ0) is 14.9. The van der Waals surface area contributed by atoms with Crippen LogP contribution in [0.5, 0.6) is 0 Å². The lowest BCUT2D eigenvalue weighted by atomic mass is 9.89. The van der Waals surface area contributed by atoms with Gasteiger partial charge in [-0.15, -0.1) is 11.8 Å². The SMILES string of the molecule is FC(F)(F)CCCSc1nsnc1[C@@H]1CN2CCC[C@H]1C2. The van der Waals surface area contributed by atoms with Crippen LogP contribution in [0.1, 0.15) is 37.3 Å². The van der Waals surface area contributed by atoms with Crippen LogP contribution in [0.15, 0.2) is 5.03 Å². The molecule has 21 heavy (non-hydrogen) atoms. The van der Waals surface area contributed by atoms with Crippen molar-refractivity contribution in [1.29, 1.82) is 0 Å². The Hall–Kier alpha value is -0.340. The van der Waals surface area contributed by atoms with E-state index in [0.29, 0.717) is 17.6 Å². The number of hydrogen-bond acceptors (Lipinski definition) is 5. The molecule has 2 fully saturated rings. The lowest BCUT2D eigenvalue weighted by molar-refractivity contribution is -0.134. The molecular weight excluding hydrogens is 319 g/mol. The van der Waals surface area contributed by atoms with E-state index in [2.05, 4.69) is 13.6 Å². The van der Waals surface area contributed by atoms with Gasteiger partial charge >= 0.3 is 6.18 Å². The van der Waals surface area contributed by atoms with E-state index in [1.54, 1.807) is 0 Å². The first-order valence-electron chi connectivity index (χ1n) is 7.27. The third kappa shape index (κ3) is 3.90. The van der Waals surface area contributed by atoms with Gasteiger partial charge in [-0.05, 0) is 37.5 Å². The molecule has 0 radical (unpaired) electrons. The first kappa shape index (κ1) is 15.6. The molecule has 0 amide bonds. The summed E-state index contributed by atoms with van der Waals surface area (Å²) in [5.41, 5.74) is 1.03.